The predicted molar refractivity (Wildman–Crippen MR) is 147 cm³/mol. The van der Waals surface area contributed by atoms with Crippen LogP contribution in [-0.2, 0) is 11.2 Å². The van der Waals surface area contributed by atoms with E-state index in [2.05, 4.69) is 32.3 Å². The fourth-order valence-corrected chi connectivity index (χ4v) is 4.90. The van der Waals surface area contributed by atoms with Crippen LogP contribution in [0.4, 0.5) is 5.69 Å². The monoisotopic (exact) mass is 549 g/mol. The topological polar surface area (TPSA) is 156 Å². The number of H-pyrrole nitrogens is 1. The lowest BCUT2D eigenvalue weighted by Crippen LogP contribution is -2.44. The van der Waals surface area contributed by atoms with Gasteiger partial charge in [0.25, 0.3) is 17.4 Å². The molecule has 2 amide bonds. The molecular formula is C28H35N7O5. The zero-order valence-corrected chi connectivity index (χ0v) is 22.7. The van der Waals surface area contributed by atoms with Gasteiger partial charge in [0.2, 0.25) is 6.41 Å². The minimum atomic E-state index is -0.710. The van der Waals surface area contributed by atoms with Crippen LogP contribution in [0, 0.1) is 5.41 Å². The normalized spacial score (nSPS) is 15.8. The van der Waals surface area contributed by atoms with E-state index in [1.807, 2.05) is 6.07 Å². The van der Waals surface area contributed by atoms with Crippen molar-refractivity contribution in [2.75, 3.05) is 18.4 Å². The predicted octanol–water partition coefficient (Wildman–Crippen LogP) is 3.32. The van der Waals surface area contributed by atoms with Gasteiger partial charge in [-0.1, -0.05) is 18.1 Å². The third-order valence-electron chi connectivity index (χ3n) is 7.94. The summed E-state index contributed by atoms with van der Waals surface area (Å²) in [7, 11) is 0. The van der Waals surface area contributed by atoms with Gasteiger partial charge in [0.05, 0.1) is 0 Å². The van der Waals surface area contributed by atoms with Gasteiger partial charge in [-0.15, -0.1) is 0 Å². The third-order valence-corrected chi connectivity index (χ3v) is 7.94. The first-order valence-electron chi connectivity index (χ1n) is 14.0. The van der Waals surface area contributed by atoms with E-state index in [1.54, 1.807) is 18.3 Å². The summed E-state index contributed by atoms with van der Waals surface area (Å²) in [6.07, 6.45) is 10.3. The molecule has 0 atom stereocenters. The number of carbonyl (C=O) groups excluding carboxylic acids is 2. The van der Waals surface area contributed by atoms with Crippen LogP contribution in [0.25, 0.3) is 11.6 Å². The molecule has 3 aromatic heterocycles. The van der Waals surface area contributed by atoms with Crippen molar-refractivity contribution in [1.82, 2.24) is 29.6 Å². The number of amides is 2. The Morgan fingerprint density at radius 2 is 2.08 bits per heavy atom. The molecule has 0 radical (unpaired) electrons. The number of aryl methyl sites for hydroxylation is 1. The van der Waals surface area contributed by atoms with Gasteiger partial charge >= 0.3 is 5.69 Å². The highest BCUT2D eigenvalue weighted by Crippen LogP contribution is 2.48. The lowest BCUT2D eigenvalue weighted by Gasteiger charge is -2.27. The van der Waals surface area contributed by atoms with E-state index in [-0.39, 0.29) is 24.0 Å². The highest BCUT2D eigenvalue weighted by molar-refractivity contribution is 6.02. The smallest absolute Gasteiger partial charge is 0.329 e. The fourth-order valence-electron chi connectivity index (χ4n) is 4.90. The Morgan fingerprint density at radius 3 is 2.75 bits per heavy atom. The Morgan fingerprint density at radius 1 is 1.25 bits per heavy atom. The average Bonchev–Trinajstić information content (AvgIpc) is 3.47. The van der Waals surface area contributed by atoms with Gasteiger partial charge < -0.3 is 14.8 Å². The molecule has 12 heteroatoms. The Kier molecular flexibility index (Phi) is 8.22. The van der Waals surface area contributed by atoms with Gasteiger partial charge in [-0.3, -0.25) is 28.8 Å². The standard InChI is InChI=1S/C28H35N7O5/c1-28(13-14-28)12-7-16-30-22-23(32-27(39)35(26(22)38)19-8-6-9-19)25(37)34(18-36)17-5-3-11-21-31-24(40-33-21)20-10-2-4-15-29-20/h2,4,10,15,18-19,30H,3,5-9,11-14,16-17H2,1H3,(H,32,39). The van der Waals surface area contributed by atoms with Crippen LogP contribution in [0.3, 0.4) is 0 Å². The maximum Gasteiger partial charge on any atom is 0.329 e. The molecule has 0 aliphatic heterocycles. The molecule has 0 unspecified atom stereocenters. The molecule has 2 N–H and O–H groups in total. The van der Waals surface area contributed by atoms with Crippen molar-refractivity contribution < 1.29 is 14.1 Å². The summed E-state index contributed by atoms with van der Waals surface area (Å²) in [6, 6.07) is 5.23. The van der Waals surface area contributed by atoms with Gasteiger partial charge in [0.15, 0.2) is 5.82 Å². The van der Waals surface area contributed by atoms with Gasteiger partial charge in [0.1, 0.15) is 17.1 Å². The SMILES string of the molecule is CC1(CCCNc2c(C(=O)N(C=O)CCCCc3noc(-c4ccccn4)n3)[nH]c(=O)n(C3CCC3)c2=O)CC1. The van der Waals surface area contributed by atoms with Crippen LogP contribution in [0.2, 0.25) is 0 Å². The number of hydrogen-bond donors (Lipinski definition) is 2. The highest BCUT2D eigenvalue weighted by Gasteiger charge is 2.36. The second-order valence-electron chi connectivity index (χ2n) is 11.1. The number of pyridine rings is 1. The minimum Gasteiger partial charge on any atom is -0.379 e. The summed E-state index contributed by atoms with van der Waals surface area (Å²) in [5, 5.41) is 7.09. The molecular weight excluding hydrogens is 514 g/mol. The number of nitrogens with one attached hydrogen (secondary N) is 2. The van der Waals surface area contributed by atoms with Crippen molar-refractivity contribution >= 4 is 18.0 Å². The lowest BCUT2D eigenvalue weighted by atomic mass is 9.93. The van der Waals surface area contributed by atoms with Crippen LogP contribution >= 0.6 is 0 Å². The Hall–Kier alpha value is -4.09. The van der Waals surface area contributed by atoms with Crippen molar-refractivity contribution in [3.63, 3.8) is 0 Å². The number of imide groups is 1. The molecule has 2 fully saturated rings. The summed E-state index contributed by atoms with van der Waals surface area (Å²) >= 11 is 0. The average molecular weight is 550 g/mol. The fraction of sp³-hybridized carbons (Fsp3) is 0.536. The van der Waals surface area contributed by atoms with Crippen LogP contribution in [-0.4, -0.2) is 55.0 Å². The highest BCUT2D eigenvalue weighted by atomic mass is 16.5. The molecule has 2 saturated carbocycles. The molecule has 2 aliphatic carbocycles. The number of anilines is 1. The van der Waals surface area contributed by atoms with Crippen molar-refractivity contribution in [3.8, 4) is 11.6 Å². The first-order valence-corrected chi connectivity index (χ1v) is 14.0. The van der Waals surface area contributed by atoms with E-state index in [4.69, 9.17) is 4.52 Å². The van der Waals surface area contributed by atoms with E-state index < -0.39 is 17.2 Å². The van der Waals surface area contributed by atoms with Crippen LogP contribution in [0.1, 0.15) is 87.1 Å². The summed E-state index contributed by atoms with van der Waals surface area (Å²) in [5.74, 6) is 0.117. The van der Waals surface area contributed by atoms with Crippen LogP contribution in [0.5, 0.6) is 0 Å². The van der Waals surface area contributed by atoms with E-state index in [0.717, 1.165) is 37.0 Å². The quantitative estimate of drug-likeness (QED) is 0.227. The summed E-state index contributed by atoms with van der Waals surface area (Å²) in [4.78, 5) is 63.6. The first-order chi connectivity index (χ1) is 19.4. The first kappa shape index (κ1) is 27.5. The van der Waals surface area contributed by atoms with Gasteiger partial charge in [0, 0.05) is 31.7 Å². The van der Waals surface area contributed by atoms with E-state index in [9.17, 15) is 19.2 Å². The van der Waals surface area contributed by atoms with Crippen molar-refractivity contribution in [3.05, 3.63) is 56.8 Å². The molecule has 0 bridgehead atoms. The molecule has 3 heterocycles. The summed E-state index contributed by atoms with van der Waals surface area (Å²) in [6.45, 7) is 2.85. The maximum atomic E-state index is 13.4. The third kappa shape index (κ3) is 6.21. The molecule has 2 aliphatic rings. The summed E-state index contributed by atoms with van der Waals surface area (Å²) in [5.41, 5.74) is -0.306. The zero-order valence-electron chi connectivity index (χ0n) is 22.7. The second kappa shape index (κ2) is 12.0. The van der Waals surface area contributed by atoms with Gasteiger partial charge in [-0.05, 0) is 75.3 Å². The zero-order chi connectivity index (χ0) is 28.1. The van der Waals surface area contributed by atoms with E-state index in [1.165, 1.54) is 17.4 Å². The molecule has 12 nitrogen and oxygen atoms in total. The Labute approximate surface area is 231 Å². The molecule has 3 aromatic rings. The molecule has 212 valence electrons. The number of rotatable bonds is 14. The number of aromatic amines is 1. The minimum absolute atomic E-state index is 0.0538. The van der Waals surface area contributed by atoms with Crippen molar-refractivity contribution in [2.45, 2.75) is 77.2 Å². The van der Waals surface area contributed by atoms with Crippen molar-refractivity contribution in [2.24, 2.45) is 5.41 Å². The number of nitrogens with zero attached hydrogens (tertiary/aromatic N) is 5. The van der Waals surface area contributed by atoms with Gasteiger partial charge in [-0.25, -0.2) is 4.79 Å². The Bertz CT molecular complexity index is 1450. The second-order valence-corrected chi connectivity index (χ2v) is 11.1. The summed E-state index contributed by atoms with van der Waals surface area (Å²) < 4.78 is 6.47. The molecule has 5 rings (SSSR count). The van der Waals surface area contributed by atoms with Crippen LogP contribution in [0.15, 0.2) is 38.5 Å². The number of hydrogen-bond acceptors (Lipinski definition) is 9. The number of carbonyl (C=O) groups is 2. The van der Waals surface area contributed by atoms with Crippen LogP contribution < -0.4 is 16.6 Å². The number of unbranched alkanes of at least 4 members (excludes halogenated alkanes) is 1. The van der Waals surface area contributed by atoms with E-state index >= 15 is 0 Å². The maximum absolute atomic E-state index is 13.4. The molecule has 0 saturated heterocycles. The molecule has 0 aromatic carbocycles. The van der Waals surface area contributed by atoms with E-state index in [0.29, 0.717) is 55.0 Å². The number of aromatic nitrogens is 5. The Balaban J connectivity index is 1.23. The largest absolute Gasteiger partial charge is 0.379 e. The molecule has 0 spiro atoms. The van der Waals surface area contributed by atoms with Gasteiger partial charge in [-0.2, -0.15) is 4.98 Å². The molecule has 40 heavy (non-hydrogen) atoms. The van der Waals surface area contributed by atoms with Crippen molar-refractivity contribution in [1.29, 1.82) is 0 Å². The lowest BCUT2D eigenvalue weighted by molar-refractivity contribution is -0.116.